The molecule has 186 valence electrons. The van der Waals surface area contributed by atoms with Gasteiger partial charge in [0, 0.05) is 0 Å². The van der Waals surface area contributed by atoms with Crippen molar-refractivity contribution >= 4 is 10.8 Å². The first-order valence-electron chi connectivity index (χ1n) is 14.1. The molecule has 2 aliphatic rings. The summed E-state index contributed by atoms with van der Waals surface area (Å²) in [5.41, 5.74) is 1.70. The summed E-state index contributed by atoms with van der Waals surface area (Å²) in [6.07, 6.45) is 21.5. The van der Waals surface area contributed by atoms with Crippen LogP contribution in [0.5, 0.6) is 0 Å². The van der Waals surface area contributed by atoms with Gasteiger partial charge in [-0.25, -0.2) is 8.78 Å². The highest BCUT2D eigenvalue weighted by atomic mass is 19.1. The summed E-state index contributed by atoms with van der Waals surface area (Å²) in [6.45, 7) is 4.25. The average molecular weight is 467 g/mol. The van der Waals surface area contributed by atoms with E-state index >= 15 is 8.78 Å². The van der Waals surface area contributed by atoms with Gasteiger partial charge in [-0.1, -0.05) is 82.2 Å². The molecular formula is C32H44F2. The predicted octanol–water partition coefficient (Wildman–Crippen LogP) is 10.3. The molecule has 2 unspecified atom stereocenters. The number of unbranched alkanes of at least 4 members (excludes halogenated alkanes) is 4. The van der Waals surface area contributed by atoms with Crippen LogP contribution < -0.4 is 0 Å². The summed E-state index contributed by atoms with van der Waals surface area (Å²) in [4.78, 5) is 0. The van der Waals surface area contributed by atoms with Crippen LogP contribution in [0, 0.1) is 29.4 Å². The van der Waals surface area contributed by atoms with E-state index in [1.165, 1.54) is 70.6 Å². The fraction of sp³-hybridized carbons (Fsp3) is 0.625. The molecule has 0 aliphatic heterocycles. The van der Waals surface area contributed by atoms with E-state index in [4.69, 9.17) is 0 Å². The van der Waals surface area contributed by atoms with E-state index in [2.05, 4.69) is 13.0 Å². The summed E-state index contributed by atoms with van der Waals surface area (Å²) in [6, 6.07) is 7.50. The molecular weight excluding hydrogens is 422 g/mol. The molecule has 0 heterocycles. The molecule has 0 aromatic heterocycles. The highest BCUT2D eigenvalue weighted by Gasteiger charge is 2.36. The average Bonchev–Trinajstić information content (AvgIpc) is 2.84. The highest BCUT2D eigenvalue weighted by Crippen LogP contribution is 2.49. The second-order valence-electron chi connectivity index (χ2n) is 11.2. The van der Waals surface area contributed by atoms with Gasteiger partial charge >= 0.3 is 0 Å². The van der Waals surface area contributed by atoms with Crippen molar-refractivity contribution in [3.63, 3.8) is 0 Å². The fourth-order valence-corrected chi connectivity index (χ4v) is 6.86. The Hall–Kier alpha value is -1.70. The summed E-state index contributed by atoms with van der Waals surface area (Å²) in [5, 5.41) is 0.894. The first-order chi connectivity index (χ1) is 16.6. The molecule has 0 radical (unpaired) electrons. The normalized spacial score (nSPS) is 25.2. The number of hydrogen-bond donors (Lipinski definition) is 0. The third-order valence-corrected chi connectivity index (χ3v) is 8.83. The van der Waals surface area contributed by atoms with Crippen LogP contribution in [0.2, 0.25) is 0 Å². The van der Waals surface area contributed by atoms with Crippen molar-refractivity contribution in [2.75, 3.05) is 0 Å². The molecule has 0 amide bonds. The number of allylic oxidation sites excluding steroid dienone is 2. The molecule has 0 spiro atoms. The van der Waals surface area contributed by atoms with Crippen LogP contribution in [-0.4, -0.2) is 0 Å². The van der Waals surface area contributed by atoms with E-state index in [0.29, 0.717) is 17.9 Å². The van der Waals surface area contributed by atoms with Crippen molar-refractivity contribution in [3.8, 4) is 0 Å². The lowest BCUT2D eigenvalue weighted by atomic mass is 9.63. The van der Waals surface area contributed by atoms with Crippen LogP contribution in [-0.2, 0) is 6.42 Å². The maximum Gasteiger partial charge on any atom is 0.137 e. The Balaban J connectivity index is 1.38. The Bertz CT molecular complexity index is 959. The van der Waals surface area contributed by atoms with Gasteiger partial charge < -0.3 is 0 Å². The lowest BCUT2D eigenvalue weighted by molar-refractivity contribution is 0.113. The first-order valence-corrected chi connectivity index (χ1v) is 14.1. The van der Waals surface area contributed by atoms with Crippen molar-refractivity contribution in [1.82, 2.24) is 0 Å². The second-order valence-corrected chi connectivity index (χ2v) is 11.2. The van der Waals surface area contributed by atoms with Crippen LogP contribution >= 0.6 is 0 Å². The Morgan fingerprint density at radius 2 is 1.71 bits per heavy atom. The van der Waals surface area contributed by atoms with Crippen molar-refractivity contribution < 1.29 is 8.78 Å². The summed E-state index contributed by atoms with van der Waals surface area (Å²) < 4.78 is 30.2. The molecule has 4 rings (SSSR count). The largest absolute Gasteiger partial charge is 0.206 e. The maximum absolute atomic E-state index is 15.2. The van der Waals surface area contributed by atoms with Crippen LogP contribution in [0.1, 0.15) is 114 Å². The van der Waals surface area contributed by atoms with E-state index < -0.39 is 0 Å². The van der Waals surface area contributed by atoms with Crippen molar-refractivity contribution in [2.45, 2.75) is 110 Å². The van der Waals surface area contributed by atoms with Crippen molar-refractivity contribution in [3.05, 3.63) is 59.2 Å². The SMILES string of the molecule is C/C=C/CCc1ccc2cc([C@@H]3CC[C@@H]4CC(CCCCCCC)CCC4C3)cc(F)c2c1F. The molecule has 34 heavy (non-hydrogen) atoms. The molecule has 0 nitrogen and oxygen atoms in total. The smallest absolute Gasteiger partial charge is 0.137 e. The van der Waals surface area contributed by atoms with Gasteiger partial charge in [0.15, 0.2) is 0 Å². The zero-order valence-electron chi connectivity index (χ0n) is 21.4. The fourth-order valence-electron chi connectivity index (χ4n) is 6.86. The molecule has 2 fully saturated rings. The van der Waals surface area contributed by atoms with Gasteiger partial charge in [-0.15, -0.1) is 0 Å². The quantitative estimate of drug-likeness (QED) is 0.241. The van der Waals surface area contributed by atoms with Gasteiger partial charge in [0.2, 0.25) is 0 Å². The van der Waals surface area contributed by atoms with Crippen LogP contribution in [0.15, 0.2) is 36.4 Å². The molecule has 2 aromatic rings. The third kappa shape index (κ3) is 6.10. The predicted molar refractivity (Wildman–Crippen MR) is 141 cm³/mol. The van der Waals surface area contributed by atoms with E-state index in [-0.39, 0.29) is 17.0 Å². The molecule has 0 saturated heterocycles. The molecule has 2 saturated carbocycles. The monoisotopic (exact) mass is 466 g/mol. The Morgan fingerprint density at radius 3 is 2.53 bits per heavy atom. The number of benzene rings is 2. The minimum atomic E-state index is -0.383. The summed E-state index contributed by atoms with van der Waals surface area (Å²) in [5.74, 6) is 2.26. The van der Waals surface area contributed by atoms with Gasteiger partial charge in [0.05, 0.1) is 5.39 Å². The van der Waals surface area contributed by atoms with Crippen LogP contribution in [0.3, 0.4) is 0 Å². The van der Waals surface area contributed by atoms with Crippen LogP contribution in [0.4, 0.5) is 8.78 Å². The number of fused-ring (bicyclic) bond motifs is 2. The van der Waals surface area contributed by atoms with E-state index in [0.717, 1.165) is 41.5 Å². The van der Waals surface area contributed by atoms with Gasteiger partial charge in [-0.3, -0.25) is 0 Å². The lowest BCUT2D eigenvalue weighted by Gasteiger charge is -2.42. The number of aryl methyl sites for hydroxylation is 1. The van der Waals surface area contributed by atoms with E-state index in [1.54, 1.807) is 6.07 Å². The van der Waals surface area contributed by atoms with Crippen LogP contribution in [0.25, 0.3) is 10.8 Å². The molecule has 2 aromatic carbocycles. The Labute approximate surface area is 206 Å². The van der Waals surface area contributed by atoms with Gasteiger partial charge in [-0.2, -0.15) is 0 Å². The third-order valence-electron chi connectivity index (χ3n) is 8.83. The number of rotatable bonds is 10. The maximum atomic E-state index is 15.2. The minimum Gasteiger partial charge on any atom is -0.206 e. The Kier molecular flexibility index (Phi) is 9.20. The zero-order valence-corrected chi connectivity index (χ0v) is 21.4. The molecule has 2 aliphatic carbocycles. The summed E-state index contributed by atoms with van der Waals surface area (Å²) >= 11 is 0. The molecule has 2 heteroatoms. The standard InChI is InChI=1S/C32H44F2/c1-3-5-7-8-10-11-23-13-14-26-20-27(17-16-25(26)19-23)29-21-28-18-15-24(12-9-6-4-2)32(34)31(28)30(33)22-29/h4,6,15,18,21-23,25-27H,3,5,7-14,16-17,19-20H2,1-2H3/b6-4+/t23?,25-,26?,27-/m1/s1. The number of hydrogen-bond acceptors (Lipinski definition) is 0. The number of halogens is 2. The first kappa shape index (κ1) is 25.4. The minimum absolute atomic E-state index is 0.176. The van der Waals surface area contributed by atoms with Crippen molar-refractivity contribution in [1.29, 1.82) is 0 Å². The molecule has 4 atom stereocenters. The Morgan fingerprint density at radius 1 is 0.912 bits per heavy atom. The highest BCUT2D eigenvalue weighted by molar-refractivity contribution is 5.85. The van der Waals surface area contributed by atoms with Gasteiger partial charge in [-0.05, 0) is 98.1 Å². The lowest BCUT2D eigenvalue weighted by Crippen LogP contribution is -2.30. The second kappa shape index (κ2) is 12.3. The molecule has 0 bridgehead atoms. The zero-order chi connectivity index (χ0) is 23.9. The van der Waals surface area contributed by atoms with E-state index in [1.807, 2.05) is 31.2 Å². The van der Waals surface area contributed by atoms with Crippen molar-refractivity contribution in [2.24, 2.45) is 17.8 Å². The summed E-state index contributed by atoms with van der Waals surface area (Å²) in [7, 11) is 0. The topological polar surface area (TPSA) is 0 Å². The van der Waals surface area contributed by atoms with Gasteiger partial charge in [0.25, 0.3) is 0 Å². The van der Waals surface area contributed by atoms with Gasteiger partial charge in [0.1, 0.15) is 11.6 Å². The molecule has 0 N–H and O–H groups in total. The van der Waals surface area contributed by atoms with E-state index in [9.17, 15) is 0 Å².